The van der Waals surface area contributed by atoms with Gasteiger partial charge < -0.3 is 18.5 Å². The third-order valence-corrected chi connectivity index (χ3v) is 5.44. The van der Waals surface area contributed by atoms with Gasteiger partial charge in [-0.15, -0.1) is 0 Å². The molecular weight excluding hydrogens is 366 g/mol. The lowest BCUT2D eigenvalue weighted by atomic mass is 10.1. The van der Waals surface area contributed by atoms with E-state index in [9.17, 15) is 0 Å². The normalized spacial score (nSPS) is 13.7. The number of aromatic nitrogens is 3. The van der Waals surface area contributed by atoms with E-state index in [4.69, 9.17) is 18.9 Å². The second-order valence-electron chi connectivity index (χ2n) is 7.49. The molecule has 0 radical (unpaired) electrons. The zero-order chi connectivity index (χ0) is 19.8. The largest absolute Gasteiger partial charge is 0.493 e. The van der Waals surface area contributed by atoms with E-state index in [2.05, 4.69) is 21.7 Å². The standard InChI is InChI=1S/C23H23N3O3/c1-27-20-8-7-16(10-21(20)28-2)11-22-25-23-18(26(22)14-15-5-6-15)12-17(13-24-23)19-4-3-9-29-19/h3-4,7-10,12-13,15H,5-6,11,14H2,1-2H3. The minimum Gasteiger partial charge on any atom is -0.493 e. The van der Waals surface area contributed by atoms with Gasteiger partial charge in [0.2, 0.25) is 0 Å². The van der Waals surface area contributed by atoms with Gasteiger partial charge in [-0.05, 0) is 54.7 Å². The first-order chi connectivity index (χ1) is 14.2. The Morgan fingerprint density at radius 2 is 1.97 bits per heavy atom. The molecule has 1 saturated carbocycles. The second-order valence-corrected chi connectivity index (χ2v) is 7.49. The topological polar surface area (TPSA) is 62.3 Å². The maximum atomic E-state index is 5.56. The summed E-state index contributed by atoms with van der Waals surface area (Å²) in [4.78, 5) is 9.47. The van der Waals surface area contributed by atoms with Crippen LogP contribution in [0.3, 0.4) is 0 Å². The van der Waals surface area contributed by atoms with Crippen molar-refractivity contribution in [2.45, 2.75) is 25.8 Å². The van der Waals surface area contributed by atoms with Gasteiger partial charge in [0.05, 0.1) is 26.0 Å². The molecular formula is C23H23N3O3. The molecule has 1 aromatic carbocycles. The number of benzene rings is 1. The van der Waals surface area contributed by atoms with Crippen molar-refractivity contribution in [3.05, 3.63) is 60.2 Å². The van der Waals surface area contributed by atoms with E-state index in [-0.39, 0.29) is 0 Å². The quantitative estimate of drug-likeness (QED) is 0.458. The van der Waals surface area contributed by atoms with Crippen molar-refractivity contribution in [2.24, 2.45) is 5.92 Å². The average Bonchev–Trinajstić information content (AvgIpc) is 3.28. The van der Waals surface area contributed by atoms with E-state index in [1.54, 1.807) is 20.5 Å². The number of hydrogen-bond acceptors (Lipinski definition) is 5. The zero-order valence-corrected chi connectivity index (χ0v) is 16.6. The van der Waals surface area contributed by atoms with Gasteiger partial charge in [0.25, 0.3) is 0 Å². The minimum atomic E-state index is 0.708. The van der Waals surface area contributed by atoms with Gasteiger partial charge in [0, 0.05) is 24.7 Å². The van der Waals surface area contributed by atoms with Crippen molar-refractivity contribution < 1.29 is 13.9 Å². The molecule has 0 unspecified atom stereocenters. The van der Waals surface area contributed by atoms with Crippen LogP contribution < -0.4 is 9.47 Å². The molecule has 0 amide bonds. The van der Waals surface area contributed by atoms with Crippen LogP contribution in [-0.4, -0.2) is 28.8 Å². The van der Waals surface area contributed by atoms with Gasteiger partial charge in [0.15, 0.2) is 17.1 Å². The molecule has 6 heteroatoms. The number of furan rings is 1. The lowest BCUT2D eigenvalue weighted by molar-refractivity contribution is 0.354. The van der Waals surface area contributed by atoms with Gasteiger partial charge in [-0.1, -0.05) is 6.07 Å². The number of methoxy groups -OCH3 is 2. The molecule has 3 heterocycles. The summed E-state index contributed by atoms with van der Waals surface area (Å²) in [6.07, 6.45) is 6.78. The van der Waals surface area contributed by atoms with Crippen molar-refractivity contribution in [3.63, 3.8) is 0 Å². The molecule has 0 saturated heterocycles. The molecule has 0 aliphatic heterocycles. The molecule has 1 aliphatic rings. The Morgan fingerprint density at radius 3 is 2.69 bits per heavy atom. The molecule has 0 atom stereocenters. The maximum Gasteiger partial charge on any atom is 0.177 e. The van der Waals surface area contributed by atoms with E-state index < -0.39 is 0 Å². The van der Waals surface area contributed by atoms with Crippen LogP contribution in [0.4, 0.5) is 0 Å². The van der Waals surface area contributed by atoms with Gasteiger partial charge in [-0.2, -0.15) is 0 Å². The first-order valence-electron chi connectivity index (χ1n) is 9.85. The van der Waals surface area contributed by atoms with Crippen molar-refractivity contribution in [2.75, 3.05) is 14.2 Å². The molecule has 0 N–H and O–H groups in total. The van der Waals surface area contributed by atoms with Gasteiger partial charge in [0.1, 0.15) is 11.6 Å². The number of hydrogen-bond donors (Lipinski definition) is 0. The Labute approximate surface area is 169 Å². The fourth-order valence-electron chi connectivity index (χ4n) is 3.70. The third-order valence-electron chi connectivity index (χ3n) is 5.44. The summed E-state index contributed by atoms with van der Waals surface area (Å²) in [6, 6.07) is 12.0. The molecule has 1 fully saturated rings. The van der Waals surface area contributed by atoms with Crippen LogP contribution in [0, 0.1) is 5.92 Å². The Balaban J connectivity index is 1.55. The summed E-state index contributed by atoms with van der Waals surface area (Å²) in [5.74, 6) is 4.02. The van der Waals surface area contributed by atoms with Crippen LogP contribution in [0.25, 0.3) is 22.5 Å². The van der Waals surface area contributed by atoms with E-state index in [0.717, 1.165) is 57.8 Å². The highest BCUT2D eigenvalue weighted by molar-refractivity contribution is 5.77. The summed E-state index contributed by atoms with van der Waals surface area (Å²) in [6.45, 7) is 0.975. The number of ether oxygens (including phenoxy) is 2. The zero-order valence-electron chi connectivity index (χ0n) is 16.6. The number of rotatable bonds is 7. The fourth-order valence-corrected chi connectivity index (χ4v) is 3.70. The minimum absolute atomic E-state index is 0.708. The van der Waals surface area contributed by atoms with Crippen LogP contribution in [0.1, 0.15) is 24.2 Å². The lowest BCUT2D eigenvalue weighted by Crippen LogP contribution is -2.06. The van der Waals surface area contributed by atoms with E-state index in [1.807, 2.05) is 30.5 Å². The Hall–Kier alpha value is -3.28. The van der Waals surface area contributed by atoms with Crippen molar-refractivity contribution in [1.29, 1.82) is 0 Å². The highest BCUT2D eigenvalue weighted by atomic mass is 16.5. The second kappa shape index (κ2) is 7.28. The molecule has 4 aromatic rings. The predicted octanol–water partition coefficient (Wildman–Crippen LogP) is 4.71. The van der Waals surface area contributed by atoms with Gasteiger partial charge >= 0.3 is 0 Å². The maximum absolute atomic E-state index is 5.56. The van der Waals surface area contributed by atoms with Crippen LogP contribution in [0.15, 0.2) is 53.3 Å². The summed E-state index contributed by atoms with van der Waals surface area (Å²) < 4.78 is 18.7. The molecule has 1 aliphatic carbocycles. The highest BCUT2D eigenvalue weighted by Crippen LogP contribution is 2.34. The van der Waals surface area contributed by atoms with Crippen LogP contribution in [-0.2, 0) is 13.0 Å². The Kier molecular flexibility index (Phi) is 4.46. The monoisotopic (exact) mass is 389 g/mol. The van der Waals surface area contributed by atoms with Gasteiger partial charge in [-0.25, -0.2) is 9.97 Å². The molecule has 0 bridgehead atoms. The first-order valence-corrected chi connectivity index (χ1v) is 9.85. The molecule has 6 nitrogen and oxygen atoms in total. The first kappa shape index (κ1) is 17.8. The molecule has 148 valence electrons. The fraction of sp³-hybridized carbons (Fsp3) is 0.304. The molecule has 5 rings (SSSR count). The Bertz CT molecular complexity index is 1140. The lowest BCUT2D eigenvalue weighted by Gasteiger charge is -2.11. The molecule has 0 spiro atoms. The SMILES string of the molecule is COc1ccc(Cc2nc3ncc(-c4ccco4)cc3n2CC2CC2)cc1OC. The van der Waals surface area contributed by atoms with Crippen LogP contribution in [0.5, 0.6) is 11.5 Å². The predicted molar refractivity (Wildman–Crippen MR) is 110 cm³/mol. The number of imidazole rings is 1. The number of nitrogens with zero attached hydrogens (tertiary/aromatic N) is 3. The van der Waals surface area contributed by atoms with Crippen molar-refractivity contribution >= 4 is 11.2 Å². The summed E-state index contributed by atoms with van der Waals surface area (Å²) >= 11 is 0. The molecule has 29 heavy (non-hydrogen) atoms. The van der Waals surface area contributed by atoms with Gasteiger partial charge in [-0.3, -0.25) is 0 Å². The summed E-state index contributed by atoms with van der Waals surface area (Å²) in [7, 11) is 3.30. The van der Waals surface area contributed by atoms with Crippen LogP contribution in [0.2, 0.25) is 0 Å². The van der Waals surface area contributed by atoms with E-state index in [0.29, 0.717) is 6.42 Å². The average molecular weight is 389 g/mol. The number of pyridine rings is 1. The van der Waals surface area contributed by atoms with Crippen LogP contribution >= 0.6 is 0 Å². The smallest absolute Gasteiger partial charge is 0.177 e. The summed E-state index contributed by atoms with van der Waals surface area (Å²) in [5.41, 5.74) is 3.93. The Morgan fingerprint density at radius 1 is 1.10 bits per heavy atom. The van der Waals surface area contributed by atoms with E-state index >= 15 is 0 Å². The van der Waals surface area contributed by atoms with E-state index in [1.165, 1.54) is 12.8 Å². The van der Waals surface area contributed by atoms with Crippen molar-refractivity contribution in [1.82, 2.24) is 14.5 Å². The third kappa shape index (κ3) is 3.46. The summed E-state index contributed by atoms with van der Waals surface area (Å²) in [5, 5.41) is 0. The number of fused-ring (bicyclic) bond motifs is 1. The molecule has 3 aromatic heterocycles. The van der Waals surface area contributed by atoms with Crippen molar-refractivity contribution in [3.8, 4) is 22.8 Å². The highest BCUT2D eigenvalue weighted by Gasteiger charge is 2.25.